The van der Waals surface area contributed by atoms with E-state index in [1.54, 1.807) is 0 Å². The molecule has 4 rings (SSSR count). The molecule has 0 saturated heterocycles. The number of aromatic amines is 1. The molecular formula is C23H28N6. The van der Waals surface area contributed by atoms with E-state index in [4.69, 9.17) is 9.97 Å². The van der Waals surface area contributed by atoms with Gasteiger partial charge in [-0.1, -0.05) is 37.3 Å². The van der Waals surface area contributed by atoms with Crippen molar-refractivity contribution in [3.8, 4) is 22.8 Å². The highest BCUT2D eigenvalue weighted by atomic mass is 15.1. The molecule has 0 fully saturated rings. The van der Waals surface area contributed by atoms with Crippen molar-refractivity contribution in [3.05, 3.63) is 66.0 Å². The van der Waals surface area contributed by atoms with Crippen LogP contribution in [0.5, 0.6) is 0 Å². The van der Waals surface area contributed by atoms with E-state index in [9.17, 15) is 0 Å². The topological polar surface area (TPSA) is 64.3 Å². The van der Waals surface area contributed by atoms with Crippen molar-refractivity contribution in [1.29, 1.82) is 0 Å². The number of hydrogen-bond acceptors (Lipinski definition) is 3. The van der Waals surface area contributed by atoms with Gasteiger partial charge in [0.25, 0.3) is 0 Å². The van der Waals surface area contributed by atoms with Crippen LogP contribution >= 0.6 is 0 Å². The minimum absolute atomic E-state index is 0.887. The molecule has 0 aliphatic rings. The van der Waals surface area contributed by atoms with E-state index < -0.39 is 0 Å². The van der Waals surface area contributed by atoms with Crippen molar-refractivity contribution in [2.24, 2.45) is 0 Å². The summed E-state index contributed by atoms with van der Waals surface area (Å²) in [6, 6.07) is 10.4. The molecule has 6 heteroatoms. The molecule has 29 heavy (non-hydrogen) atoms. The fourth-order valence-corrected chi connectivity index (χ4v) is 3.91. The number of hydrogen-bond donors (Lipinski definition) is 1. The van der Waals surface area contributed by atoms with Crippen LogP contribution in [0.2, 0.25) is 0 Å². The smallest absolute Gasteiger partial charge is 0.158 e. The molecule has 3 aromatic heterocycles. The molecule has 0 spiro atoms. The Bertz CT molecular complexity index is 1050. The molecule has 6 nitrogen and oxygen atoms in total. The SMILES string of the molecule is CCCn1ccnc1-c1c(-c2ccccc2)ncn1CCCc1c(C)n[nH]c1C. The first-order valence-electron chi connectivity index (χ1n) is 10.3. The summed E-state index contributed by atoms with van der Waals surface area (Å²) in [5.41, 5.74) is 6.78. The second-order valence-electron chi connectivity index (χ2n) is 7.46. The Labute approximate surface area is 171 Å². The number of nitrogens with zero attached hydrogens (tertiary/aromatic N) is 5. The van der Waals surface area contributed by atoms with Crippen molar-refractivity contribution in [2.45, 2.75) is 53.1 Å². The maximum absolute atomic E-state index is 4.79. The molecule has 0 aliphatic carbocycles. The number of H-pyrrole nitrogens is 1. The number of aryl methyl sites for hydroxylation is 4. The predicted molar refractivity (Wildman–Crippen MR) is 116 cm³/mol. The molecule has 150 valence electrons. The summed E-state index contributed by atoms with van der Waals surface area (Å²) in [6.45, 7) is 8.18. The summed E-state index contributed by atoms with van der Waals surface area (Å²) in [7, 11) is 0. The zero-order valence-corrected chi connectivity index (χ0v) is 17.4. The molecular weight excluding hydrogens is 360 g/mol. The van der Waals surface area contributed by atoms with Crippen LogP contribution in [0.4, 0.5) is 0 Å². The molecule has 0 atom stereocenters. The minimum Gasteiger partial charge on any atom is -0.330 e. The van der Waals surface area contributed by atoms with E-state index in [1.165, 1.54) is 5.56 Å². The monoisotopic (exact) mass is 388 g/mol. The van der Waals surface area contributed by atoms with Gasteiger partial charge >= 0.3 is 0 Å². The average Bonchev–Trinajstić information content (AvgIpc) is 3.43. The molecule has 0 unspecified atom stereocenters. The third-order valence-corrected chi connectivity index (χ3v) is 5.38. The van der Waals surface area contributed by atoms with Crippen LogP contribution in [0.15, 0.2) is 49.1 Å². The minimum atomic E-state index is 0.887. The molecule has 0 saturated carbocycles. The van der Waals surface area contributed by atoms with Gasteiger partial charge in [-0.2, -0.15) is 5.10 Å². The predicted octanol–water partition coefficient (Wildman–Crippen LogP) is 4.80. The lowest BCUT2D eigenvalue weighted by molar-refractivity contribution is 0.633. The second kappa shape index (κ2) is 8.47. The van der Waals surface area contributed by atoms with Crippen molar-refractivity contribution in [2.75, 3.05) is 0 Å². The average molecular weight is 389 g/mol. The second-order valence-corrected chi connectivity index (χ2v) is 7.46. The fraction of sp³-hybridized carbons (Fsp3) is 0.348. The van der Waals surface area contributed by atoms with Gasteiger partial charge in [-0.25, -0.2) is 9.97 Å². The van der Waals surface area contributed by atoms with Gasteiger partial charge in [0, 0.05) is 36.7 Å². The van der Waals surface area contributed by atoms with Crippen LogP contribution in [-0.2, 0) is 19.5 Å². The molecule has 3 heterocycles. The van der Waals surface area contributed by atoms with Crippen LogP contribution < -0.4 is 0 Å². The van der Waals surface area contributed by atoms with Crippen LogP contribution in [0.25, 0.3) is 22.8 Å². The molecule has 1 N–H and O–H groups in total. The number of benzene rings is 1. The third-order valence-electron chi connectivity index (χ3n) is 5.38. The summed E-state index contributed by atoms with van der Waals surface area (Å²) in [5, 5.41) is 7.40. The van der Waals surface area contributed by atoms with Crippen LogP contribution in [0, 0.1) is 13.8 Å². The first kappa shape index (κ1) is 19.2. The first-order valence-corrected chi connectivity index (χ1v) is 10.3. The Morgan fingerprint density at radius 2 is 1.83 bits per heavy atom. The van der Waals surface area contributed by atoms with Crippen molar-refractivity contribution in [1.82, 2.24) is 29.3 Å². The highest BCUT2D eigenvalue weighted by Crippen LogP contribution is 2.31. The molecule has 0 bridgehead atoms. The summed E-state index contributed by atoms with van der Waals surface area (Å²) in [4.78, 5) is 9.48. The summed E-state index contributed by atoms with van der Waals surface area (Å²) >= 11 is 0. The zero-order valence-electron chi connectivity index (χ0n) is 17.4. The summed E-state index contributed by atoms with van der Waals surface area (Å²) in [5.74, 6) is 0.985. The highest BCUT2D eigenvalue weighted by molar-refractivity contribution is 5.75. The number of aromatic nitrogens is 6. The Balaban J connectivity index is 1.67. The summed E-state index contributed by atoms with van der Waals surface area (Å²) < 4.78 is 4.48. The molecule has 0 radical (unpaired) electrons. The van der Waals surface area contributed by atoms with Gasteiger partial charge in [0.05, 0.1) is 17.7 Å². The fourth-order valence-electron chi connectivity index (χ4n) is 3.91. The van der Waals surface area contributed by atoms with Gasteiger partial charge in [0.1, 0.15) is 5.69 Å². The largest absolute Gasteiger partial charge is 0.330 e. The maximum atomic E-state index is 4.79. The zero-order chi connectivity index (χ0) is 20.2. The molecule has 0 aliphatic heterocycles. The summed E-state index contributed by atoms with van der Waals surface area (Å²) in [6.07, 6.45) is 8.98. The number of imidazole rings is 2. The van der Waals surface area contributed by atoms with Crippen molar-refractivity contribution in [3.63, 3.8) is 0 Å². The van der Waals surface area contributed by atoms with Gasteiger partial charge in [-0.3, -0.25) is 5.10 Å². The van der Waals surface area contributed by atoms with Gasteiger partial charge < -0.3 is 9.13 Å². The van der Waals surface area contributed by atoms with Crippen molar-refractivity contribution < 1.29 is 0 Å². The third kappa shape index (κ3) is 3.88. The van der Waals surface area contributed by atoms with Gasteiger partial charge in [0.15, 0.2) is 5.82 Å². The van der Waals surface area contributed by atoms with E-state index in [0.717, 1.165) is 66.5 Å². The maximum Gasteiger partial charge on any atom is 0.158 e. The highest BCUT2D eigenvalue weighted by Gasteiger charge is 2.19. The molecule has 1 aromatic carbocycles. The Morgan fingerprint density at radius 1 is 1.00 bits per heavy atom. The van der Waals surface area contributed by atoms with E-state index in [-0.39, 0.29) is 0 Å². The van der Waals surface area contributed by atoms with E-state index >= 15 is 0 Å². The Kier molecular flexibility index (Phi) is 5.60. The lowest BCUT2D eigenvalue weighted by Gasteiger charge is -2.12. The van der Waals surface area contributed by atoms with Crippen LogP contribution in [-0.4, -0.2) is 29.3 Å². The first-order chi connectivity index (χ1) is 14.2. The molecule has 4 aromatic rings. The Hall–Kier alpha value is -3.15. The number of nitrogens with one attached hydrogen (secondary N) is 1. The van der Waals surface area contributed by atoms with Crippen LogP contribution in [0.3, 0.4) is 0 Å². The van der Waals surface area contributed by atoms with Crippen molar-refractivity contribution >= 4 is 0 Å². The quantitative estimate of drug-likeness (QED) is 0.472. The van der Waals surface area contributed by atoms with E-state index in [0.29, 0.717) is 0 Å². The van der Waals surface area contributed by atoms with Gasteiger partial charge in [-0.15, -0.1) is 0 Å². The standard InChI is InChI=1S/C23H28N6/c1-4-13-28-15-12-24-23(28)22-21(19-9-6-5-7-10-19)25-16-29(22)14-8-11-20-17(2)26-27-18(20)3/h5-7,9-10,12,15-16H,4,8,11,13-14H2,1-3H3,(H,26,27). The lowest BCUT2D eigenvalue weighted by Crippen LogP contribution is -2.06. The Morgan fingerprint density at radius 3 is 2.55 bits per heavy atom. The van der Waals surface area contributed by atoms with E-state index in [1.807, 2.05) is 18.6 Å². The van der Waals surface area contributed by atoms with Crippen LogP contribution in [0.1, 0.15) is 36.7 Å². The van der Waals surface area contributed by atoms with Gasteiger partial charge in [0.2, 0.25) is 0 Å². The number of rotatable bonds is 8. The van der Waals surface area contributed by atoms with E-state index in [2.05, 4.69) is 70.6 Å². The normalized spacial score (nSPS) is 11.3. The van der Waals surface area contributed by atoms with Gasteiger partial charge in [-0.05, 0) is 38.7 Å². The molecule has 0 amide bonds. The lowest BCUT2D eigenvalue weighted by atomic mass is 10.1.